The Kier molecular flexibility index (Phi) is 4.64. The minimum absolute atomic E-state index is 0.114. The second-order valence-corrected chi connectivity index (χ2v) is 11.6. The predicted octanol–water partition coefficient (Wildman–Crippen LogP) is 4.37. The van der Waals surface area contributed by atoms with E-state index in [0.717, 1.165) is 43.7 Å². The average Bonchev–Trinajstić information content (AvgIpc) is 2.66. The first-order valence-corrected chi connectivity index (χ1v) is 11.6. The molecule has 4 saturated carbocycles. The number of nitrogens with zero attached hydrogens (tertiary/aromatic N) is 3. The van der Waals surface area contributed by atoms with Gasteiger partial charge in [-0.15, -0.1) is 0 Å². The molecule has 5 fully saturated rings. The summed E-state index contributed by atoms with van der Waals surface area (Å²) in [6.07, 6.45) is 8.33. The Hall–Kier alpha value is -1.63. The lowest BCUT2D eigenvalue weighted by atomic mass is 9.48. The van der Waals surface area contributed by atoms with Crippen molar-refractivity contribution in [1.82, 2.24) is 4.90 Å². The molecule has 1 amide bonds. The van der Waals surface area contributed by atoms with E-state index in [1.807, 2.05) is 4.90 Å². The highest BCUT2D eigenvalue weighted by atomic mass is 79.9. The van der Waals surface area contributed by atoms with Crippen LogP contribution in [-0.2, 0) is 4.79 Å². The zero-order chi connectivity index (χ0) is 20.2. The number of non-ortho nitro benzene ring substituents is 1. The lowest BCUT2D eigenvalue weighted by Gasteiger charge is -2.60. The minimum Gasteiger partial charge on any atom is -0.368 e. The molecule has 1 aliphatic heterocycles. The number of nitro groups is 1. The van der Waals surface area contributed by atoms with E-state index in [1.165, 1.54) is 38.5 Å². The van der Waals surface area contributed by atoms with Crippen LogP contribution >= 0.6 is 15.9 Å². The first kappa shape index (κ1) is 19.3. The lowest BCUT2D eigenvalue weighted by molar-refractivity contribution is -0.384. The summed E-state index contributed by atoms with van der Waals surface area (Å²) in [4.78, 5) is 27.9. The van der Waals surface area contributed by atoms with Crippen molar-refractivity contribution in [2.75, 3.05) is 31.1 Å². The van der Waals surface area contributed by atoms with Crippen molar-refractivity contribution in [1.29, 1.82) is 0 Å². The van der Waals surface area contributed by atoms with Crippen molar-refractivity contribution >= 4 is 33.2 Å². The van der Waals surface area contributed by atoms with Gasteiger partial charge in [-0.2, -0.15) is 0 Å². The molecule has 1 saturated heterocycles. The van der Waals surface area contributed by atoms with E-state index in [1.54, 1.807) is 24.3 Å². The zero-order valence-corrected chi connectivity index (χ0v) is 18.3. The standard InChI is InChI=1S/C22H28BrN3O3/c23-22-12-16-9-17(13-22)11-21(10-16,15-22)14-20(27)25-7-5-24(6-8-25)18-1-3-19(4-2-18)26(28)29/h1-4,16-17H,5-15H2/t16-,17-,21?,22?/m0/s1. The number of nitro benzene ring substituents is 1. The molecule has 0 radical (unpaired) electrons. The summed E-state index contributed by atoms with van der Waals surface area (Å²) >= 11 is 4.05. The van der Waals surface area contributed by atoms with Crippen molar-refractivity contribution in [3.8, 4) is 0 Å². The van der Waals surface area contributed by atoms with E-state index >= 15 is 0 Å². The normalized spacial score (nSPS) is 35.8. The Bertz CT molecular complexity index is 805. The number of carbonyl (C=O) groups is 1. The molecule has 0 unspecified atom stereocenters. The fourth-order valence-corrected chi connectivity index (χ4v) is 8.49. The van der Waals surface area contributed by atoms with Crippen LogP contribution < -0.4 is 4.90 Å². The molecule has 5 aliphatic rings. The molecule has 4 bridgehead atoms. The first-order valence-electron chi connectivity index (χ1n) is 10.8. The van der Waals surface area contributed by atoms with Gasteiger partial charge in [0.25, 0.3) is 5.69 Å². The van der Waals surface area contributed by atoms with E-state index < -0.39 is 0 Å². The Morgan fingerprint density at radius 2 is 1.69 bits per heavy atom. The number of hydrogen-bond acceptors (Lipinski definition) is 4. The van der Waals surface area contributed by atoms with E-state index in [-0.39, 0.29) is 16.0 Å². The number of carbonyl (C=O) groups excluding carboxylic acids is 1. The second kappa shape index (κ2) is 6.96. The molecule has 1 aromatic rings. The summed E-state index contributed by atoms with van der Waals surface area (Å²) in [6.45, 7) is 3.03. The largest absolute Gasteiger partial charge is 0.368 e. The number of hydrogen-bond donors (Lipinski definition) is 0. The van der Waals surface area contributed by atoms with Gasteiger partial charge in [0.2, 0.25) is 5.91 Å². The minimum atomic E-state index is -0.373. The number of alkyl halides is 1. The van der Waals surface area contributed by atoms with Crippen LogP contribution in [-0.4, -0.2) is 46.2 Å². The molecule has 0 aromatic heterocycles. The van der Waals surface area contributed by atoms with Gasteiger partial charge in [0.15, 0.2) is 0 Å². The van der Waals surface area contributed by atoms with Crippen LogP contribution in [0.1, 0.15) is 44.9 Å². The van der Waals surface area contributed by atoms with Crippen LogP contribution in [0.25, 0.3) is 0 Å². The molecule has 4 aliphatic carbocycles. The quantitative estimate of drug-likeness (QED) is 0.379. The summed E-state index contributed by atoms with van der Waals surface area (Å²) in [5.74, 6) is 1.94. The number of rotatable bonds is 4. The van der Waals surface area contributed by atoms with Gasteiger partial charge >= 0.3 is 0 Å². The van der Waals surface area contributed by atoms with E-state index in [2.05, 4.69) is 20.8 Å². The highest BCUT2D eigenvalue weighted by Crippen LogP contribution is 2.65. The van der Waals surface area contributed by atoms with Gasteiger partial charge in [0.1, 0.15) is 0 Å². The maximum Gasteiger partial charge on any atom is 0.269 e. The Morgan fingerprint density at radius 3 is 2.24 bits per heavy atom. The van der Waals surface area contributed by atoms with Crippen LogP contribution in [0.5, 0.6) is 0 Å². The van der Waals surface area contributed by atoms with Crippen LogP contribution in [0.4, 0.5) is 11.4 Å². The van der Waals surface area contributed by atoms with Gasteiger partial charge in [-0.1, -0.05) is 15.9 Å². The monoisotopic (exact) mass is 461 g/mol. The lowest BCUT2D eigenvalue weighted by Crippen LogP contribution is -2.55. The van der Waals surface area contributed by atoms with E-state index in [9.17, 15) is 14.9 Å². The third kappa shape index (κ3) is 3.66. The number of amides is 1. The summed E-state index contributed by atoms with van der Waals surface area (Å²) in [5.41, 5.74) is 1.33. The van der Waals surface area contributed by atoms with E-state index in [0.29, 0.717) is 16.7 Å². The molecule has 1 heterocycles. The van der Waals surface area contributed by atoms with Crippen molar-refractivity contribution < 1.29 is 9.72 Å². The highest BCUT2D eigenvalue weighted by molar-refractivity contribution is 9.10. The molecular weight excluding hydrogens is 434 g/mol. The molecule has 29 heavy (non-hydrogen) atoms. The molecule has 0 N–H and O–H groups in total. The fraction of sp³-hybridized carbons (Fsp3) is 0.682. The van der Waals surface area contributed by atoms with Gasteiger partial charge in [-0.05, 0) is 67.9 Å². The predicted molar refractivity (Wildman–Crippen MR) is 115 cm³/mol. The maximum atomic E-state index is 13.2. The number of halogens is 1. The molecule has 0 spiro atoms. The molecule has 6 rings (SSSR count). The van der Waals surface area contributed by atoms with Crippen LogP contribution in [0, 0.1) is 27.4 Å². The molecule has 156 valence electrons. The van der Waals surface area contributed by atoms with Gasteiger partial charge < -0.3 is 9.80 Å². The molecule has 1 aromatic carbocycles. The highest BCUT2D eigenvalue weighted by Gasteiger charge is 2.57. The fourth-order valence-electron chi connectivity index (χ4n) is 6.97. The third-order valence-corrected chi connectivity index (χ3v) is 8.62. The number of piperazine rings is 1. The van der Waals surface area contributed by atoms with Gasteiger partial charge in [0.05, 0.1) is 4.92 Å². The summed E-state index contributed by atoms with van der Waals surface area (Å²) in [5, 5.41) is 10.8. The van der Waals surface area contributed by atoms with Crippen molar-refractivity contribution in [3.05, 3.63) is 34.4 Å². The number of benzene rings is 1. The molecule has 2 atom stereocenters. The topological polar surface area (TPSA) is 66.7 Å². The van der Waals surface area contributed by atoms with Crippen LogP contribution in [0.15, 0.2) is 24.3 Å². The van der Waals surface area contributed by atoms with Crippen LogP contribution in [0.2, 0.25) is 0 Å². The summed E-state index contributed by atoms with van der Waals surface area (Å²) < 4.78 is 0.298. The molecule has 6 nitrogen and oxygen atoms in total. The Balaban J connectivity index is 1.19. The molecular formula is C22H28BrN3O3. The smallest absolute Gasteiger partial charge is 0.269 e. The Labute approximate surface area is 179 Å². The van der Waals surface area contributed by atoms with Gasteiger partial charge in [-0.3, -0.25) is 14.9 Å². The van der Waals surface area contributed by atoms with Crippen molar-refractivity contribution in [2.45, 2.75) is 49.3 Å². The summed E-state index contributed by atoms with van der Waals surface area (Å²) in [6, 6.07) is 6.72. The van der Waals surface area contributed by atoms with Gasteiger partial charge in [0, 0.05) is 54.7 Å². The number of anilines is 1. The Morgan fingerprint density at radius 1 is 1.07 bits per heavy atom. The van der Waals surface area contributed by atoms with Crippen LogP contribution in [0.3, 0.4) is 0 Å². The maximum absolute atomic E-state index is 13.2. The first-order chi connectivity index (χ1) is 13.8. The average molecular weight is 462 g/mol. The SMILES string of the molecule is O=C(CC12C[C@@H]3C[C@H](CC(Br)(C3)C1)C2)N1CCN(c2ccc([N+](=O)[O-])cc2)CC1. The summed E-state index contributed by atoms with van der Waals surface area (Å²) in [7, 11) is 0. The molecule has 7 heteroatoms. The van der Waals surface area contributed by atoms with Gasteiger partial charge in [-0.25, -0.2) is 0 Å². The van der Waals surface area contributed by atoms with Crippen molar-refractivity contribution in [2.24, 2.45) is 17.3 Å². The van der Waals surface area contributed by atoms with E-state index in [4.69, 9.17) is 0 Å². The second-order valence-electron chi connectivity index (χ2n) is 9.93. The third-order valence-electron chi connectivity index (χ3n) is 7.70. The zero-order valence-electron chi connectivity index (χ0n) is 16.7. The van der Waals surface area contributed by atoms with Crippen molar-refractivity contribution in [3.63, 3.8) is 0 Å².